The van der Waals surface area contributed by atoms with Crippen LogP contribution < -0.4 is 0 Å². The molecule has 94 valence electrons. The molecule has 1 heterocycles. The first kappa shape index (κ1) is 9.82. The number of allylic oxidation sites excluding steroid dienone is 1. The van der Waals surface area contributed by atoms with Gasteiger partial charge in [0.25, 0.3) is 0 Å². The van der Waals surface area contributed by atoms with E-state index in [9.17, 15) is 4.79 Å². The van der Waals surface area contributed by atoms with Crippen molar-refractivity contribution in [1.29, 1.82) is 0 Å². The maximum Gasteiger partial charge on any atom is 0.334 e. The molecule has 0 radical (unpaired) electrons. The molecule has 4 saturated carbocycles. The maximum absolute atomic E-state index is 11.9. The zero-order chi connectivity index (χ0) is 12.4. The van der Waals surface area contributed by atoms with E-state index in [1.54, 1.807) is 0 Å². The topological polar surface area (TPSA) is 26.3 Å². The third-order valence-corrected chi connectivity index (χ3v) is 6.88. The number of carbonyl (C=O) groups is 1. The minimum atomic E-state index is -0.163. The largest absolute Gasteiger partial charge is 0.451 e. The molecule has 1 spiro atoms. The lowest BCUT2D eigenvalue weighted by Gasteiger charge is -2.41. The van der Waals surface area contributed by atoms with Gasteiger partial charge in [0, 0.05) is 11.5 Å². The lowest BCUT2D eigenvalue weighted by Crippen LogP contribution is -2.39. The predicted octanol–water partition coefficient (Wildman–Crippen LogP) is 2.85. The van der Waals surface area contributed by atoms with E-state index < -0.39 is 0 Å². The quantitative estimate of drug-likeness (QED) is 0.482. The lowest BCUT2D eigenvalue weighted by molar-refractivity contribution is -0.143. The molecule has 1 aliphatic heterocycles. The SMILES string of the molecule is C=C1[C@H]2C[C@H]2[C@@]2(C)[C@H]1CC1=C(C)C(=O)O[C@@]13C[C@@H]23. The molecule has 2 heteroatoms. The van der Waals surface area contributed by atoms with Crippen molar-refractivity contribution < 1.29 is 9.53 Å². The summed E-state index contributed by atoms with van der Waals surface area (Å²) in [5, 5.41) is 0. The van der Waals surface area contributed by atoms with Crippen molar-refractivity contribution in [1.82, 2.24) is 0 Å². The van der Waals surface area contributed by atoms with Crippen LogP contribution in [0.15, 0.2) is 23.3 Å². The summed E-state index contributed by atoms with van der Waals surface area (Å²) in [4.78, 5) is 11.9. The predicted molar refractivity (Wildman–Crippen MR) is 66.6 cm³/mol. The highest BCUT2D eigenvalue weighted by molar-refractivity contribution is 5.93. The van der Waals surface area contributed by atoms with Crippen LogP contribution in [0.5, 0.6) is 0 Å². The van der Waals surface area contributed by atoms with Gasteiger partial charge in [-0.3, -0.25) is 0 Å². The Bertz CT molecular complexity index is 572. The molecule has 18 heavy (non-hydrogen) atoms. The molecule has 0 bridgehead atoms. The average molecular weight is 242 g/mol. The summed E-state index contributed by atoms with van der Waals surface area (Å²) in [6.07, 6.45) is 3.45. The number of hydrogen-bond donors (Lipinski definition) is 0. The second-order valence-electron chi connectivity index (χ2n) is 7.29. The van der Waals surface area contributed by atoms with Crippen LogP contribution in [0.2, 0.25) is 0 Å². The molecular formula is C16H18O2. The van der Waals surface area contributed by atoms with E-state index in [1.165, 1.54) is 17.6 Å². The van der Waals surface area contributed by atoms with Gasteiger partial charge in [-0.2, -0.15) is 0 Å². The molecule has 2 nitrogen and oxygen atoms in total. The number of carbonyl (C=O) groups excluding carboxylic acids is 1. The monoisotopic (exact) mass is 242 g/mol. The Morgan fingerprint density at radius 3 is 3.00 bits per heavy atom. The molecular weight excluding hydrogens is 224 g/mol. The molecule has 4 fully saturated rings. The van der Waals surface area contributed by atoms with E-state index >= 15 is 0 Å². The summed E-state index contributed by atoms with van der Waals surface area (Å²) >= 11 is 0. The van der Waals surface area contributed by atoms with Crippen LogP contribution in [0.1, 0.15) is 33.1 Å². The maximum atomic E-state index is 11.9. The van der Waals surface area contributed by atoms with Crippen molar-refractivity contribution in [3.05, 3.63) is 23.3 Å². The van der Waals surface area contributed by atoms with Crippen LogP contribution in [0.4, 0.5) is 0 Å². The van der Waals surface area contributed by atoms with Crippen LogP contribution in [-0.4, -0.2) is 11.6 Å². The summed E-state index contributed by atoms with van der Waals surface area (Å²) in [7, 11) is 0. The van der Waals surface area contributed by atoms with Gasteiger partial charge in [0.1, 0.15) is 5.60 Å². The van der Waals surface area contributed by atoms with Crippen molar-refractivity contribution in [2.45, 2.75) is 38.7 Å². The minimum Gasteiger partial charge on any atom is -0.451 e. The Morgan fingerprint density at radius 1 is 1.44 bits per heavy atom. The molecule has 0 aromatic heterocycles. The van der Waals surface area contributed by atoms with E-state index in [0.29, 0.717) is 17.3 Å². The van der Waals surface area contributed by atoms with Gasteiger partial charge < -0.3 is 4.74 Å². The highest BCUT2D eigenvalue weighted by atomic mass is 16.6. The highest BCUT2D eigenvalue weighted by Gasteiger charge is 2.80. The van der Waals surface area contributed by atoms with E-state index in [0.717, 1.165) is 30.3 Å². The lowest BCUT2D eigenvalue weighted by atomic mass is 9.63. The number of hydrogen-bond acceptors (Lipinski definition) is 2. The van der Waals surface area contributed by atoms with Crippen molar-refractivity contribution in [2.75, 3.05) is 0 Å². The van der Waals surface area contributed by atoms with Crippen molar-refractivity contribution in [3.63, 3.8) is 0 Å². The summed E-state index contributed by atoms with van der Waals surface area (Å²) < 4.78 is 5.77. The second kappa shape index (κ2) is 2.35. The molecule has 0 aromatic rings. The molecule has 6 atom stereocenters. The Balaban J connectivity index is 1.69. The zero-order valence-corrected chi connectivity index (χ0v) is 11.0. The minimum absolute atomic E-state index is 0.0611. The van der Waals surface area contributed by atoms with Crippen LogP contribution in [0.3, 0.4) is 0 Å². The summed E-state index contributed by atoms with van der Waals surface area (Å²) in [5.41, 5.74) is 3.90. The molecule has 5 rings (SSSR count). The Morgan fingerprint density at radius 2 is 2.22 bits per heavy atom. The van der Waals surface area contributed by atoms with Gasteiger partial charge in [-0.1, -0.05) is 19.1 Å². The summed E-state index contributed by atoms with van der Waals surface area (Å²) in [6, 6.07) is 0. The Hall–Kier alpha value is -1.05. The Labute approximate surface area is 107 Å². The van der Waals surface area contributed by atoms with Gasteiger partial charge in [0.2, 0.25) is 0 Å². The molecule has 0 amide bonds. The smallest absolute Gasteiger partial charge is 0.334 e. The second-order valence-corrected chi connectivity index (χ2v) is 7.29. The van der Waals surface area contributed by atoms with Crippen molar-refractivity contribution in [3.8, 4) is 0 Å². The van der Waals surface area contributed by atoms with Gasteiger partial charge in [-0.15, -0.1) is 0 Å². The molecule has 5 aliphatic rings. The third-order valence-electron chi connectivity index (χ3n) is 6.88. The van der Waals surface area contributed by atoms with Gasteiger partial charge in [-0.05, 0) is 54.9 Å². The van der Waals surface area contributed by atoms with Gasteiger partial charge in [0.15, 0.2) is 0 Å². The standard InChI is InChI=1S/C16H18O2/c1-7-9-4-12(9)15(3)10(7)5-11-8(2)14(17)18-16(11)6-13(15)16/h9-10,12-13H,1,4-6H2,2-3H3/t9-,10+,12-,13+,15-,16+/m1/s1. The number of esters is 1. The van der Waals surface area contributed by atoms with Crippen LogP contribution in [0.25, 0.3) is 0 Å². The average Bonchev–Trinajstić information content (AvgIpc) is 3.18. The highest BCUT2D eigenvalue weighted by Crippen LogP contribution is 2.81. The number of ether oxygens (including phenoxy) is 1. The van der Waals surface area contributed by atoms with Crippen LogP contribution in [0, 0.1) is 29.1 Å². The van der Waals surface area contributed by atoms with E-state index in [-0.39, 0.29) is 11.6 Å². The fourth-order valence-electron chi connectivity index (χ4n) is 5.75. The zero-order valence-electron chi connectivity index (χ0n) is 11.0. The van der Waals surface area contributed by atoms with Crippen molar-refractivity contribution in [2.24, 2.45) is 29.1 Å². The number of fused-ring (bicyclic) bond motifs is 4. The Kier molecular flexibility index (Phi) is 1.28. The molecule has 0 aromatic carbocycles. The van der Waals surface area contributed by atoms with Crippen LogP contribution in [-0.2, 0) is 9.53 Å². The van der Waals surface area contributed by atoms with Gasteiger partial charge >= 0.3 is 5.97 Å². The van der Waals surface area contributed by atoms with Gasteiger partial charge in [-0.25, -0.2) is 4.79 Å². The molecule has 0 N–H and O–H groups in total. The van der Waals surface area contributed by atoms with E-state index in [4.69, 9.17) is 4.74 Å². The molecule has 0 saturated heterocycles. The first-order valence-corrected chi connectivity index (χ1v) is 7.12. The fraction of sp³-hybridized carbons (Fsp3) is 0.688. The molecule has 4 aliphatic carbocycles. The first-order valence-electron chi connectivity index (χ1n) is 7.12. The normalized spacial score (nSPS) is 58.8. The molecule has 0 unspecified atom stereocenters. The summed E-state index contributed by atoms with van der Waals surface area (Å²) in [5.74, 6) is 2.75. The van der Waals surface area contributed by atoms with Crippen molar-refractivity contribution >= 4 is 5.97 Å². The number of rotatable bonds is 0. The fourth-order valence-corrected chi connectivity index (χ4v) is 5.75. The van der Waals surface area contributed by atoms with Crippen LogP contribution >= 0.6 is 0 Å². The first-order chi connectivity index (χ1) is 8.50. The third kappa shape index (κ3) is 0.734. The van der Waals surface area contributed by atoms with E-state index in [2.05, 4.69) is 13.5 Å². The van der Waals surface area contributed by atoms with Gasteiger partial charge in [0.05, 0.1) is 0 Å². The van der Waals surface area contributed by atoms with E-state index in [1.807, 2.05) is 6.92 Å². The summed E-state index contributed by atoms with van der Waals surface area (Å²) in [6.45, 7) is 8.76.